The summed E-state index contributed by atoms with van der Waals surface area (Å²) < 4.78 is 53.9. The Hall–Kier alpha value is -2.83. The second-order valence-electron chi connectivity index (χ2n) is 7.10. The third-order valence-electron chi connectivity index (χ3n) is 5.27. The Morgan fingerprint density at radius 3 is 2.67 bits per heavy atom. The van der Waals surface area contributed by atoms with Crippen LogP contribution >= 0.6 is 0 Å². The van der Waals surface area contributed by atoms with Crippen molar-refractivity contribution in [1.29, 1.82) is 5.26 Å². The van der Waals surface area contributed by atoms with E-state index in [1.54, 1.807) is 31.2 Å². The van der Waals surface area contributed by atoms with Gasteiger partial charge in [-0.15, -0.1) is 0 Å². The van der Waals surface area contributed by atoms with E-state index in [4.69, 9.17) is 9.47 Å². The van der Waals surface area contributed by atoms with Gasteiger partial charge >= 0.3 is 0 Å². The summed E-state index contributed by atoms with van der Waals surface area (Å²) in [5, 5.41) is 9.22. The van der Waals surface area contributed by atoms with Gasteiger partial charge in [-0.3, -0.25) is 0 Å². The van der Waals surface area contributed by atoms with E-state index in [-0.39, 0.29) is 29.3 Å². The molecule has 1 atom stereocenters. The lowest BCUT2D eigenvalue weighted by Gasteiger charge is -2.29. The highest BCUT2D eigenvalue weighted by Crippen LogP contribution is 2.34. The number of sulfonamides is 1. The number of rotatable bonds is 7. The molecule has 0 radical (unpaired) electrons. The summed E-state index contributed by atoms with van der Waals surface area (Å²) >= 11 is 0. The quantitative estimate of drug-likeness (QED) is 0.625. The number of methoxy groups -OCH3 is 2. The lowest BCUT2D eigenvalue weighted by atomic mass is 10.1. The van der Waals surface area contributed by atoms with Gasteiger partial charge in [0.05, 0.1) is 14.2 Å². The van der Waals surface area contributed by atoms with E-state index in [0.717, 1.165) is 0 Å². The van der Waals surface area contributed by atoms with Crippen LogP contribution in [0.4, 0.5) is 4.39 Å². The SMILES string of the molecule is COc1ccc(OC)c(S(=O)(=O)N(Cc2cccc(C)c2F)[C@@H]2CCN(C#N)C2)c1. The second kappa shape index (κ2) is 8.90. The van der Waals surface area contributed by atoms with Gasteiger partial charge in [0.25, 0.3) is 0 Å². The van der Waals surface area contributed by atoms with Gasteiger partial charge in [0.15, 0.2) is 6.19 Å². The Balaban J connectivity index is 2.09. The Kier molecular flexibility index (Phi) is 6.48. The van der Waals surface area contributed by atoms with Crippen molar-refractivity contribution in [3.8, 4) is 17.7 Å². The maximum Gasteiger partial charge on any atom is 0.247 e. The highest BCUT2D eigenvalue weighted by atomic mass is 32.2. The zero-order valence-corrected chi connectivity index (χ0v) is 17.9. The molecule has 160 valence electrons. The van der Waals surface area contributed by atoms with Crippen LogP contribution in [0, 0.1) is 24.2 Å². The van der Waals surface area contributed by atoms with Gasteiger partial charge in [-0.1, -0.05) is 18.2 Å². The van der Waals surface area contributed by atoms with Crippen LogP contribution in [0.1, 0.15) is 17.5 Å². The molecule has 1 saturated heterocycles. The van der Waals surface area contributed by atoms with Crippen molar-refractivity contribution in [2.24, 2.45) is 0 Å². The van der Waals surface area contributed by atoms with Crippen LogP contribution in [0.3, 0.4) is 0 Å². The van der Waals surface area contributed by atoms with Gasteiger partial charge in [0, 0.05) is 37.3 Å². The minimum absolute atomic E-state index is 0.0622. The predicted molar refractivity (Wildman–Crippen MR) is 109 cm³/mol. The van der Waals surface area contributed by atoms with Crippen LogP contribution < -0.4 is 9.47 Å². The first-order chi connectivity index (χ1) is 14.3. The van der Waals surface area contributed by atoms with Crippen molar-refractivity contribution in [3.63, 3.8) is 0 Å². The fourth-order valence-electron chi connectivity index (χ4n) is 3.59. The summed E-state index contributed by atoms with van der Waals surface area (Å²) in [6, 6.07) is 8.94. The van der Waals surface area contributed by atoms with E-state index in [1.807, 2.05) is 0 Å². The summed E-state index contributed by atoms with van der Waals surface area (Å²) in [6.07, 6.45) is 2.52. The number of halogens is 1. The molecule has 9 heteroatoms. The zero-order valence-electron chi connectivity index (χ0n) is 17.1. The fraction of sp³-hybridized carbons (Fsp3) is 0.381. The van der Waals surface area contributed by atoms with Gasteiger partial charge in [0.2, 0.25) is 10.0 Å². The largest absolute Gasteiger partial charge is 0.497 e. The Morgan fingerprint density at radius 2 is 2.03 bits per heavy atom. The molecule has 1 aliphatic heterocycles. The lowest BCUT2D eigenvalue weighted by Crippen LogP contribution is -2.41. The molecule has 0 aliphatic carbocycles. The monoisotopic (exact) mass is 433 g/mol. The first kappa shape index (κ1) is 21.9. The number of likely N-dealkylation sites (tertiary alicyclic amines) is 1. The summed E-state index contributed by atoms with van der Waals surface area (Å²) in [7, 11) is -1.26. The summed E-state index contributed by atoms with van der Waals surface area (Å²) in [5.74, 6) is 0.0900. The van der Waals surface area contributed by atoms with Crippen LogP contribution in [-0.4, -0.2) is 51.0 Å². The third kappa shape index (κ3) is 4.20. The van der Waals surface area contributed by atoms with Crippen LogP contribution in [0.25, 0.3) is 0 Å². The topological polar surface area (TPSA) is 82.9 Å². The number of hydrogen-bond donors (Lipinski definition) is 0. The van der Waals surface area contributed by atoms with Crippen molar-refractivity contribution in [2.45, 2.75) is 30.8 Å². The molecule has 0 unspecified atom stereocenters. The molecule has 0 saturated carbocycles. The third-order valence-corrected chi connectivity index (χ3v) is 7.19. The van der Waals surface area contributed by atoms with Gasteiger partial charge in [0.1, 0.15) is 22.2 Å². The van der Waals surface area contributed by atoms with Gasteiger partial charge in [-0.05, 0) is 31.0 Å². The average molecular weight is 434 g/mol. The smallest absolute Gasteiger partial charge is 0.247 e. The molecule has 30 heavy (non-hydrogen) atoms. The minimum Gasteiger partial charge on any atom is -0.497 e. The molecular formula is C21H24FN3O4S. The average Bonchev–Trinajstić information content (AvgIpc) is 3.22. The molecule has 1 aliphatic rings. The maximum atomic E-state index is 14.7. The standard InChI is InChI=1S/C21H24FN3O4S/c1-15-5-4-6-16(21(15)22)12-25(17-9-10-24(13-17)14-23)30(26,27)20-11-18(28-2)7-8-19(20)29-3/h4-8,11,17H,9-10,12-13H2,1-3H3/t17-/m1/s1. The molecule has 0 spiro atoms. The zero-order chi connectivity index (χ0) is 21.9. The van der Waals surface area contributed by atoms with E-state index in [0.29, 0.717) is 24.3 Å². The predicted octanol–water partition coefficient (Wildman–Crippen LogP) is 2.90. The first-order valence-electron chi connectivity index (χ1n) is 9.44. The Morgan fingerprint density at radius 1 is 1.27 bits per heavy atom. The van der Waals surface area contributed by atoms with Crippen molar-refractivity contribution in [1.82, 2.24) is 9.21 Å². The fourth-order valence-corrected chi connectivity index (χ4v) is 5.39. The van der Waals surface area contributed by atoms with Crippen molar-refractivity contribution in [2.75, 3.05) is 27.3 Å². The molecule has 7 nitrogen and oxygen atoms in total. The van der Waals surface area contributed by atoms with E-state index in [9.17, 15) is 18.1 Å². The Bertz CT molecular complexity index is 1070. The molecule has 0 bridgehead atoms. The molecular weight excluding hydrogens is 409 g/mol. The highest BCUT2D eigenvalue weighted by molar-refractivity contribution is 7.89. The van der Waals surface area contributed by atoms with Crippen molar-refractivity contribution < 1.29 is 22.3 Å². The highest BCUT2D eigenvalue weighted by Gasteiger charge is 2.38. The van der Waals surface area contributed by atoms with Crippen LogP contribution in [0.2, 0.25) is 0 Å². The van der Waals surface area contributed by atoms with Gasteiger partial charge in [-0.2, -0.15) is 9.57 Å². The number of nitriles is 1. The van der Waals surface area contributed by atoms with Crippen molar-refractivity contribution >= 4 is 10.0 Å². The van der Waals surface area contributed by atoms with E-state index >= 15 is 0 Å². The number of benzene rings is 2. The maximum absolute atomic E-state index is 14.7. The molecule has 0 aromatic heterocycles. The summed E-state index contributed by atoms with van der Waals surface area (Å²) in [5.41, 5.74) is 0.713. The van der Waals surface area contributed by atoms with Crippen LogP contribution in [-0.2, 0) is 16.6 Å². The minimum atomic E-state index is -4.09. The normalized spacial score (nSPS) is 16.5. The molecule has 0 amide bonds. The molecule has 1 fully saturated rings. The van der Waals surface area contributed by atoms with Crippen LogP contribution in [0.5, 0.6) is 11.5 Å². The van der Waals surface area contributed by atoms with Gasteiger partial charge < -0.3 is 14.4 Å². The van der Waals surface area contributed by atoms with Crippen LogP contribution in [0.15, 0.2) is 41.3 Å². The molecule has 2 aromatic rings. The first-order valence-corrected chi connectivity index (χ1v) is 10.9. The molecule has 2 aromatic carbocycles. The van der Waals surface area contributed by atoms with E-state index in [2.05, 4.69) is 6.19 Å². The van der Waals surface area contributed by atoms with E-state index in [1.165, 1.54) is 35.6 Å². The Labute approximate surface area is 176 Å². The number of ether oxygens (including phenoxy) is 2. The molecule has 3 rings (SSSR count). The van der Waals surface area contributed by atoms with Crippen molar-refractivity contribution in [3.05, 3.63) is 53.3 Å². The molecule has 0 N–H and O–H groups in total. The number of nitrogens with zero attached hydrogens (tertiary/aromatic N) is 3. The number of aryl methyl sites for hydroxylation is 1. The summed E-state index contributed by atoms with van der Waals surface area (Å²) in [4.78, 5) is 1.44. The van der Waals surface area contributed by atoms with E-state index < -0.39 is 21.9 Å². The molecule has 1 heterocycles. The summed E-state index contributed by atoms with van der Waals surface area (Å²) in [6.45, 7) is 2.17. The lowest BCUT2D eigenvalue weighted by molar-refractivity contribution is 0.308. The second-order valence-corrected chi connectivity index (χ2v) is 8.96. The van der Waals surface area contributed by atoms with Gasteiger partial charge in [-0.25, -0.2) is 12.8 Å². The number of hydrogen-bond acceptors (Lipinski definition) is 6.